The number of aromatic nitrogens is 3. The number of nitrogens with two attached hydrogens (primary N) is 1. The Labute approximate surface area is 164 Å². The smallest absolute Gasteiger partial charge is 0.387 e. The highest BCUT2D eigenvalue weighted by Crippen LogP contribution is 2.40. The Balaban J connectivity index is 1.75. The van der Waals surface area contributed by atoms with Gasteiger partial charge in [0.15, 0.2) is 6.23 Å². The Hall–Kier alpha value is -2.37. The average Bonchev–Trinajstić information content (AvgIpc) is 3.20. The number of hydrogen-bond acceptors (Lipinski definition) is 8. The summed E-state index contributed by atoms with van der Waals surface area (Å²) in [6.45, 7) is -0.596. The Morgan fingerprint density at radius 1 is 1.17 bits per heavy atom. The van der Waals surface area contributed by atoms with Crippen LogP contribution in [0.1, 0.15) is 6.23 Å². The van der Waals surface area contributed by atoms with Crippen molar-refractivity contribution in [2.45, 2.75) is 24.5 Å². The minimum Gasteiger partial charge on any atom is -0.387 e. The fourth-order valence-corrected chi connectivity index (χ4v) is 3.75. The van der Waals surface area contributed by atoms with Crippen molar-refractivity contribution in [2.75, 3.05) is 12.3 Å². The van der Waals surface area contributed by atoms with E-state index < -0.39 is 39.0 Å². The first kappa shape index (κ1) is 19.9. The van der Waals surface area contributed by atoms with E-state index in [1.807, 2.05) is 30.3 Å². The molecule has 154 valence electrons. The molecule has 0 amide bonds. The summed E-state index contributed by atoms with van der Waals surface area (Å²) in [5.74, 6) is 0.238. The lowest BCUT2D eigenvalue weighted by atomic mass is 10.1. The molecule has 0 spiro atoms. The molecular weight excluding hydrogens is 403 g/mol. The minimum absolute atomic E-state index is 0.238. The molecule has 1 aliphatic heterocycles. The number of aliphatic hydroxyl groups is 2. The first-order valence-corrected chi connectivity index (χ1v) is 10.2. The van der Waals surface area contributed by atoms with Gasteiger partial charge in [-0.15, -0.1) is 0 Å². The Morgan fingerprint density at radius 3 is 2.59 bits per heavy atom. The highest BCUT2D eigenvalue weighted by atomic mass is 31.2. The standard InChI is InChI=1S/C17H19N4O7P/c18-15-12-10(9-4-2-1-3-5-9)6-21(16(12)20-8-19-15)17-14(23)13(22)11(28-17)7-27-29(24,25)26/h1-6,8,11,13-14,17,22-23H,7H2,(H2,18,19,20)(H2,24,25,26)/t11-,13-,14-,17-/m1/s1. The van der Waals surface area contributed by atoms with E-state index in [0.717, 1.165) is 5.56 Å². The highest BCUT2D eigenvalue weighted by Gasteiger charge is 2.45. The van der Waals surface area contributed by atoms with Crippen LogP contribution < -0.4 is 5.73 Å². The number of nitrogens with zero attached hydrogens (tertiary/aromatic N) is 3. The van der Waals surface area contributed by atoms with Crippen molar-refractivity contribution in [3.63, 3.8) is 0 Å². The van der Waals surface area contributed by atoms with Crippen molar-refractivity contribution >= 4 is 24.7 Å². The van der Waals surface area contributed by atoms with Crippen molar-refractivity contribution < 1.29 is 33.8 Å². The van der Waals surface area contributed by atoms with Gasteiger partial charge < -0.3 is 35.0 Å². The molecule has 3 aromatic rings. The zero-order chi connectivity index (χ0) is 20.8. The molecule has 1 fully saturated rings. The molecule has 29 heavy (non-hydrogen) atoms. The van der Waals surface area contributed by atoms with Gasteiger partial charge in [0.2, 0.25) is 0 Å². The number of hydrogen-bond donors (Lipinski definition) is 5. The van der Waals surface area contributed by atoms with E-state index in [0.29, 0.717) is 16.6 Å². The Bertz CT molecular complexity index is 1070. The van der Waals surface area contributed by atoms with Gasteiger partial charge in [-0.1, -0.05) is 30.3 Å². The number of benzene rings is 1. The van der Waals surface area contributed by atoms with Gasteiger partial charge in [0.05, 0.1) is 12.0 Å². The molecule has 1 aliphatic rings. The third kappa shape index (κ3) is 3.77. The van der Waals surface area contributed by atoms with Gasteiger partial charge in [0.1, 0.15) is 36.1 Å². The van der Waals surface area contributed by atoms with Crippen molar-refractivity contribution in [1.29, 1.82) is 0 Å². The monoisotopic (exact) mass is 422 g/mol. The summed E-state index contributed by atoms with van der Waals surface area (Å²) in [6, 6.07) is 9.34. The SMILES string of the molecule is Nc1ncnc2c1c(-c1ccccc1)cn2[C@@H]1O[C@H](COP(=O)(O)O)[C@@H](O)[C@H]1O. The van der Waals surface area contributed by atoms with Gasteiger partial charge in [-0.2, -0.15) is 0 Å². The lowest BCUT2D eigenvalue weighted by molar-refractivity contribution is -0.0501. The number of phosphoric ester groups is 1. The van der Waals surface area contributed by atoms with Crippen molar-refractivity contribution in [3.05, 3.63) is 42.9 Å². The summed E-state index contributed by atoms with van der Waals surface area (Å²) in [5, 5.41) is 21.3. The van der Waals surface area contributed by atoms with E-state index in [9.17, 15) is 14.8 Å². The maximum Gasteiger partial charge on any atom is 0.469 e. The molecule has 1 aromatic carbocycles. The highest BCUT2D eigenvalue weighted by molar-refractivity contribution is 7.46. The number of phosphoric acid groups is 1. The maximum absolute atomic E-state index is 10.9. The zero-order valence-corrected chi connectivity index (χ0v) is 15.8. The third-order valence-corrected chi connectivity index (χ3v) is 5.23. The molecule has 0 unspecified atom stereocenters. The van der Waals surface area contributed by atoms with Crippen molar-refractivity contribution in [1.82, 2.24) is 14.5 Å². The van der Waals surface area contributed by atoms with Crippen LogP contribution in [0, 0.1) is 0 Å². The van der Waals surface area contributed by atoms with Crippen molar-refractivity contribution in [3.8, 4) is 11.1 Å². The van der Waals surface area contributed by atoms with Crippen molar-refractivity contribution in [2.24, 2.45) is 0 Å². The van der Waals surface area contributed by atoms with E-state index in [4.69, 9.17) is 20.3 Å². The summed E-state index contributed by atoms with van der Waals surface area (Å²) in [6.07, 6.45) is -2.10. The number of anilines is 1. The molecule has 4 rings (SSSR count). The maximum atomic E-state index is 10.9. The molecule has 0 radical (unpaired) electrons. The summed E-state index contributed by atoms with van der Waals surface area (Å²) in [5.41, 5.74) is 7.99. The van der Waals surface area contributed by atoms with E-state index in [2.05, 4.69) is 14.5 Å². The van der Waals surface area contributed by atoms with Crippen LogP contribution in [0.25, 0.3) is 22.2 Å². The number of ether oxygens (including phenoxy) is 1. The fourth-order valence-electron chi connectivity index (χ4n) is 3.41. The number of fused-ring (bicyclic) bond motifs is 1. The van der Waals surface area contributed by atoms with Gasteiger partial charge in [-0.25, -0.2) is 14.5 Å². The first-order chi connectivity index (χ1) is 13.8. The second-order valence-corrected chi connectivity index (χ2v) is 7.85. The van der Waals surface area contributed by atoms with Crippen LogP contribution in [-0.4, -0.2) is 59.5 Å². The molecule has 11 nitrogen and oxygen atoms in total. The summed E-state index contributed by atoms with van der Waals surface area (Å²) < 4.78 is 22.5. The van der Waals surface area contributed by atoms with Gasteiger partial charge in [-0.3, -0.25) is 4.52 Å². The predicted molar refractivity (Wildman–Crippen MR) is 101 cm³/mol. The van der Waals surface area contributed by atoms with Crippen LogP contribution in [0.3, 0.4) is 0 Å². The van der Waals surface area contributed by atoms with Gasteiger partial charge in [0, 0.05) is 11.8 Å². The molecule has 0 bridgehead atoms. The minimum atomic E-state index is -4.75. The summed E-state index contributed by atoms with van der Waals surface area (Å²) in [7, 11) is -4.75. The average molecular weight is 422 g/mol. The molecule has 12 heteroatoms. The lowest BCUT2D eigenvalue weighted by Gasteiger charge is -2.17. The summed E-state index contributed by atoms with van der Waals surface area (Å²) >= 11 is 0. The number of rotatable bonds is 5. The lowest BCUT2D eigenvalue weighted by Crippen LogP contribution is -2.33. The van der Waals surface area contributed by atoms with E-state index in [1.54, 1.807) is 6.20 Å². The predicted octanol–water partition coefficient (Wildman–Crippen LogP) is 0.409. The Kier molecular flexibility index (Phi) is 5.13. The number of aliphatic hydroxyl groups excluding tert-OH is 2. The molecule has 3 heterocycles. The molecular formula is C17H19N4O7P. The van der Waals surface area contributed by atoms with Gasteiger partial charge in [-0.05, 0) is 5.56 Å². The van der Waals surface area contributed by atoms with Crippen LogP contribution in [0.15, 0.2) is 42.9 Å². The molecule has 4 atom stereocenters. The second kappa shape index (κ2) is 7.47. The van der Waals surface area contributed by atoms with E-state index >= 15 is 0 Å². The number of nitrogen functional groups attached to an aromatic ring is 1. The van der Waals surface area contributed by atoms with Crippen LogP contribution in [0.4, 0.5) is 5.82 Å². The van der Waals surface area contributed by atoms with Crippen LogP contribution in [-0.2, 0) is 13.8 Å². The molecule has 0 saturated carbocycles. The van der Waals surface area contributed by atoms with E-state index in [1.165, 1.54) is 10.9 Å². The normalized spacial score (nSPS) is 25.0. The Morgan fingerprint density at radius 2 is 1.90 bits per heavy atom. The molecule has 6 N–H and O–H groups in total. The molecule has 0 aliphatic carbocycles. The van der Waals surface area contributed by atoms with Gasteiger partial charge >= 0.3 is 7.82 Å². The molecule has 1 saturated heterocycles. The second-order valence-electron chi connectivity index (χ2n) is 6.61. The first-order valence-electron chi connectivity index (χ1n) is 8.64. The zero-order valence-electron chi connectivity index (χ0n) is 14.9. The summed E-state index contributed by atoms with van der Waals surface area (Å²) in [4.78, 5) is 26.0. The van der Waals surface area contributed by atoms with Crippen LogP contribution in [0.2, 0.25) is 0 Å². The topological polar surface area (TPSA) is 173 Å². The largest absolute Gasteiger partial charge is 0.469 e. The van der Waals surface area contributed by atoms with Crippen LogP contribution in [0.5, 0.6) is 0 Å². The van der Waals surface area contributed by atoms with E-state index in [-0.39, 0.29) is 5.82 Å². The molecule has 2 aromatic heterocycles. The fraction of sp³-hybridized carbons (Fsp3) is 0.294. The third-order valence-electron chi connectivity index (χ3n) is 4.74. The quantitative estimate of drug-likeness (QED) is 0.362. The van der Waals surface area contributed by atoms with Crippen LogP contribution >= 0.6 is 7.82 Å². The van der Waals surface area contributed by atoms with Gasteiger partial charge in [0.25, 0.3) is 0 Å².